The Morgan fingerprint density at radius 3 is 2.70 bits per heavy atom. The van der Waals surface area contributed by atoms with Crippen molar-refractivity contribution in [3.63, 3.8) is 0 Å². The van der Waals surface area contributed by atoms with Gasteiger partial charge in [-0.1, -0.05) is 61.1 Å². The van der Waals surface area contributed by atoms with Crippen molar-refractivity contribution in [1.82, 2.24) is 5.43 Å². The fourth-order valence-corrected chi connectivity index (χ4v) is 3.13. The number of nitroso groups, excluding NO2 is 1. The minimum Gasteiger partial charge on any atom is -0.274 e. The first kappa shape index (κ1) is 23.1. The highest BCUT2D eigenvalue weighted by Crippen LogP contribution is 2.33. The van der Waals surface area contributed by atoms with Crippen LogP contribution in [-0.2, 0) is 0 Å². The van der Waals surface area contributed by atoms with Gasteiger partial charge in [-0.15, -0.1) is 4.91 Å². The normalized spacial score (nSPS) is 23.4. The lowest BCUT2D eigenvalue weighted by Gasteiger charge is -2.27. The average molecular weight is 416 g/mol. The summed E-state index contributed by atoms with van der Waals surface area (Å²) in [6, 6.07) is 1.26. The quantitative estimate of drug-likeness (QED) is 0.450. The lowest BCUT2D eigenvalue weighted by molar-refractivity contribution is -0.0974. The molecule has 0 aromatic carbocycles. The standard InChI is InChI=1S/C22H23F3N4O/c1-4-5-14(2)6-7-15(3)19-12-20(22(23,24)25)27-28-21(19)18-11-10-17(29-30)9-8-16(18)13-26/h5-12,15,17,19,27H,4H2,1-3H3/b7-6-,14-5-. The Morgan fingerprint density at radius 1 is 1.40 bits per heavy atom. The Labute approximate surface area is 173 Å². The van der Waals surface area contributed by atoms with Gasteiger partial charge in [-0.25, -0.2) is 0 Å². The molecule has 5 nitrogen and oxygen atoms in total. The molecule has 0 saturated heterocycles. The summed E-state index contributed by atoms with van der Waals surface area (Å²) >= 11 is 0. The van der Waals surface area contributed by atoms with Gasteiger partial charge in [-0.05, 0) is 31.4 Å². The summed E-state index contributed by atoms with van der Waals surface area (Å²) in [4.78, 5) is 10.9. The van der Waals surface area contributed by atoms with Gasteiger partial charge >= 0.3 is 6.18 Å². The lowest BCUT2D eigenvalue weighted by atomic mass is 9.82. The van der Waals surface area contributed by atoms with E-state index < -0.39 is 23.8 Å². The van der Waals surface area contributed by atoms with E-state index in [2.05, 4.69) is 15.7 Å². The van der Waals surface area contributed by atoms with Crippen molar-refractivity contribution in [3.8, 4) is 6.07 Å². The van der Waals surface area contributed by atoms with E-state index in [9.17, 15) is 23.3 Å². The minimum atomic E-state index is -4.58. The number of nitriles is 1. The molecule has 1 aliphatic carbocycles. The molecule has 0 spiro atoms. The van der Waals surface area contributed by atoms with Crippen LogP contribution < -0.4 is 5.43 Å². The zero-order valence-electron chi connectivity index (χ0n) is 16.9. The van der Waals surface area contributed by atoms with Crippen LogP contribution in [0.15, 0.2) is 81.3 Å². The van der Waals surface area contributed by atoms with Crippen molar-refractivity contribution in [3.05, 3.63) is 75.9 Å². The molecule has 0 aromatic rings. The van der Waals surface area contributed by atoms with Crippen LogP contribution in [0, 0.1) is 28.1 Å². The summed E-state index contributed by atoms with van der Waals surface area (Å²) in [6.07, 6.45) is 8.98. The third kappa shape index (κ3) is 5.66. The van der Waals surface area contributed by atoms with Gasteiger partial charge in [0.15, 0.2) is 0 Å². The van der Waals surface area contributed by atoms with Crippen LogP contribution in [0.4, 0.5) is 13.2 Å². The number of hydrogen-bond donors (Lipinski definition) is 1. The Hall–Kier alpha value is -3.21. The predicted molar refractivity (Wildman–Crippen MR) is 111 cm³/mol. The molecule has 1 N–H and O–H groups in total. The van der Waals surface area contributed by atoms with Crippen molar-refractivity contribution in [2.45, 2.75) is 39.4 Å². The molecule has 0 bridgehead atoms. The topological polar surface area (TPSA) is 77.6 Å². The van der Waals surface area contributed by atoms with Gasteiger partial charge in [0.05, 0.1) is 17.4 Å². The third-order valence-electron chi connectivity index (χ3n) is 4.75. The molecule has 2 aliphatic rings. The number of nitrogens with zero attached hydrogens (tertiary/aromatic N) is 3. The van der Waals surface area contributed by atoms with E-state index in [0.717, 1.165) is 18.1 Å². The number of rotatable bonds is 6. The number of alkyl halides is 3. The van der Waals surface area contributed by atoms with Crippen LogP contribution in [0.25, 0.3) is 0 Å². The number of hydrazone groups is 1. The molecule has 2 rings (SSSR count). The number of nitrogens with one attached hydrogen (secondary N) is 1. The second-order valence-electron chi connectivity index (χ2n) is 7.04. The Bertz CT molecular complexity index is 927. The predicted octanol–water partition coefficient (Wildman–Crippen LogP) is 5.64. The largest absolute Gasteiger partial charge is 0.432 e. The van der Waals surface area contributed by atoms with Crippen LogP contribution in [0.1, 0.15) is 27.2 Å². The van der Waals surface area contributed by atoms with E-state index in [4.69, 9.17) is 0 Å². The molecule has 0 saturated carbocycles. The van der Waals surface area contributed by atoms with E-state index in [1.165, 1.54) is 24.3 Å². The summed E-state index contributed by atoms with van der Waals surface area (Å²) < 4.78 is 39.9. The molecular formula is C22H23F3N4O. The third-order valence-corrected chi connectivity index (χ3v) is 4.75. The molecule has 8 heteroatoms. The average Bonchev–Trinajstić information content (AvgIpc) is 2.93. The molecule has 30 heavy (non-hydrogen) atoms. The molecule has 3 atom stereocenters. The zero-order chi connectivity index (χ0) is 22.3. The van der Waals surface area contributed by atoms with Crippen molar-refractivity contribution in [2.24, 2.45) is 22.1 Å². The molecule has 3 unspecified atom stereocenters. The first-order valence-electron chi connectivity index (χ1n) is 9.52. The van der Waals surface area contributed by atoms with Crippen LogP contribution in [-0.4, -0.2) is 17.9 Å². The molecule has 0 amide bonds. The van der Waals surface area contributed by atoms with E-state index in [1.807, 2.05) is 38.1 Å². The highest BCUT2D eigenvalue weighted by Gasteiger charge is 2.38. The molecule has 1 heterocycles. The molecular weight excluding hydrogens is 393 g/mol. The van der Waals surface area contributed by atoms with E-state index in [-0.39, 0.29) is 11.5 Å². The molecule has 0 fully saturated rings. The molecule has 1 aliphatic heterocycles. The van der Waals surface area contributed by atoms with Gasteiger partial charge in [-0.2, -0.15) is 23.5 Å². The number of allylic oxidation sites excluding steroid dienone is 10. The van der Waals surface area contributed by atoms with Crippen LogP contribution in [0.2, 0.25) is 0 Å². The van der Waals surface area contributed by atoms with Gasteiger partial charge in [0.2, 0.25) is 0 Å². The maximum Gasteiger partial charge on any atom is 0.432 e. The summed E-state index contributed by atoms with van der Waals surface area (Å²) in [7, 11) is 0. The van der Waals surface area contributed by atoms with Crippen molar-refractivity contribution in [2.75, 3.05) is 0 Å². The summed E-state index contributed by atoms with van der Waals surface area (Å²) in [5.74, 6) is -1.07. The fraction of sp³-hybridized carbons (Fsp3) is 0.364. The zero-order valence-corrected chi connectivity index (χ0v) is 16.9. The van der Waals surface area contributed by atoms with Crippen molar-refractivity contribution in [1.29, 1.82) is 5.26 Å². The molecule has 0 radical (unpaired) electrons. The van der Waals surface area contributed by atoms with Crippen molar-refractivity contribution >= 4 is 5.71 Å². The van der Waals surface area contributed by atoms with E-state index in [1.54, 1.807) is 6.92 Å². The van der Waals surface area contributed by atoms with Crippen molar-refractivity contribution < 1.29 is 13.2 Å². The Balaban J connectivity index is 2.51. The van der Waals surface area contributed by atoms with Gasteiger partial charge in [-0.3, -0.25) is 5.43 Å². The Morgan fingerprint density at radius 2 is 2.10 bits per heavy atom. The summed E-state index contributed by atoms with van der Waals surface area (Å²) in [5, 5.41) is 16.4. The van der Waals surface area contributed by atoms with Gasteiger partial charge in [0.1, 0.15) is 11.7 Å². The maximum absolute atomic E-state index is 13.3. The highest BCUT2D eigenvalue weighted by molar-refractivity contribution is 6.07. The van der Waals surface area contributed by atoms with Crippen LogP contribution >= 0.6 is 0 Å². The fourth-order valence-electron chi connectivity index (χ4n) is 3.13. The minimum absolute atomic E-state index is 0.199. The van der Waals surface area contributed by atoms with E-state index in [0.29, 0.717) is 11.3 Å². The molecule has 158 valence electrons. The number of halogens is 3. The second kappa shape index (κ2) is 10.0. The van der Waals surface area contributed by atoms with E-state index >= 15 is 0 Å². The van der Waals surface area contributed by atoms with Crippen LogP contribution in [0.5, 0.6) is 0 Å². The SMILES string of the molecule is CC/C=C(C)\C=C/C(C)C1C=C(C(F)(F)F)NN=C1C1=C(C#N)C=CC(N=O)C=C1. The lowest BCUT2D eigenvalue weighted by Crippen LogP contribution is -2.34. The van der Waals surface area contributed by atoms with Crippen LogP contribution in [0.3, 0.4) is 0 Å². The monoisotopic (exact) mass is 416 g/mol. The van der Waals surface area contributed by atoms with Gasteiger partial charge in [0.25, 0.3) is 0 Å². The Kier molecular flexibility index (Phi) is 7.70. The smallest absolute Gasteiger partial charge is 0.274 e. The molecule has 0 aromatic heterocycles. The first-order chi connectivity index (χ1) is 14.2. The number of hydrogen-bond acceptors (Lipinski definition) is 5. The summed E-state index contributed by atoms with van der Waals surface area (Å²) in [5.41, 5.74) is 2.98. The first-order valence-corrected chi connectivity index (χ1v) is 9.52. The maximum atomic E-state index is 13.3. The van der Waals surface area contributed by atoms with Gasteiger partial charge in [0, 0.05) is 11.5 Å². The second-order valence-corrected chi connectivity index (χ2v) is 7.04. The van der Waals surface area contributed by atoms with Gasteiger partial charge < -0.3 is 0 Å². The summed E-state index contributed by atoms with van der Waals surface area (Å²) in [6.45, 7) is 5.72. The highest BCUT2D eigenvalue weighted by atomic mass is 19.4.